The van der Waals surface area contributed by atoms with Crippen LogP contribution < -0.4 is 0 Å². The predicted octanol–water partition coefficient (Wildman–Crippen LogP) is 6.23. The molecule has 3 saturated carbocycles. The van der Waals surface area contributed by atoms with Crippen molar-refractivity contribution in [2.45, 2.75) is 75.2 Å². The Morgan fingerprint density at radius 3 is 2.70 bits per heavy atom. The van der Waals surface area contributed by atoms with Gasteiger partial charge in [-0.05, 0) is 93.2 Å². The molecule has 0 heterocycles. The van der Waals surface area contributed by atoms with Crippen molar-refractivity contribution in [2.75, 3.05) is 5.75 Å². The molecular weight excluding hydrogens is 428 g/mol. The van der Waals surface area contributed by atoms with Crippen LogP contribution in [0.25, 0.3) is 0 Å². The summed E-state index contributed by atoms with van der Waals surface area (Å²) in [6.45, 7) is 2.24. The van der Waals surface area contributed by atoms with Gasteiger partial charge in [0.2, 0.25) is 0 Å². The van der Waals surface area contributed by atoms with E-state index in [1.165, 1.54) is 17.3 Å². The van der Waals surface area contributed by atoms with E-state index in [9.17, 15) is 9.59 Å². The van der Waals surface area contributed by atoms with Crippen LogP contribution in [0.3, 0.4) is 0 Å². The highest BCUT2D eigenvalue weighted by molar-refractivity contribution is 8.00. The lowest BCUT2D eigenvalue weighted by atomic mass is 9.49. The average Bonchev–Trinajstić information content (AvgIpc) is 3.17. The van der Waals surface area contributed by atoms with Crippen molar-refractivity contribution in [3.63, 3.8) is 0 Å². The lowest BCUT2D eigenvalue weighted by Gasteiger charge is -2.56. The van der Waals surface area contributed by atoms with Gasteiger partial charge in [0.25, 0.3) is 0 Å². The molecule has 3 fully saturated rings. The summed E-state index contributed by atoms with van der Waals surface area (Å²) < 4.78 is 6.28. The zero-order valence-electron chi connectivity index (χ0n) is 19.6. The maximum absolute atomic E-state index is 13.0. The molecule has 0 bridgehead atoms. The van der Waals surface area contributed by atoms with Crippen LogP contribution in [0.15, 0.2) is 46.9 Å². The molecule has 4 aliphatic rings. The van der Waals surface area contributed by atoms with Crippen LogP contribution in [0.1, 0.15) is 64.7 Å². The van der Waals surface area contributed by atoms with E-state index in [2.05, 4.69) is 12.8 Å². The number of terminal acetylenes is 1. The number of hydrogen-bond acceptors (Lipinski definition) is 4. The second-order valence-electron chi connectivity index (χ2n) is 10.4. The van der Waals surface area contributed by atoms with Gasteiger partial charge >= 0.3 is 5.97 Å². The highest BCUT2D eigenvalue weighted by atomic mass is 32.2. The van der Waals surface area contributed by atoms with Gasteiger partial charge in [-0.3, -0.25) is 9.59 Å². The van der Waals surface area contributed by atoms with Crippen LogP contribution >= 0.6 is 11.8 Å². The normalized spacial score (nSPS) is 37.2. The SMILES string of the molecule is C#C[C@]1(OC(=O)CSc2ccccc2)CCC2C3CCC4=CC(=O)CCC4C3CC[C@@]21CC. The number of ether oxygens (including phenoxy) is 1. The number of esters is 1. The molecule has 33 heavy (non-hydrogen) atoms. The number of fused-ring (bicyclic) bond motifs is 5. The molecule has 0 aliphatic heterocycles. The number of carbonyl (C=O) groups is 2. The molecule has 3 nitrogen and oxygen atoms in total. The molecule has 174 valence electrons. The first kappa shape index (κ1) is 22.8. The number of allylic oxidation sites excluding steroid dienone is 1. The van der Waals surface area contributed by atoms with Gasteiger partial charge in [0.05, 0.1) is 5.75 Å². The highest BCUT2D eigenvalue weighted by Gasteiger charge is 2.65. The van der Waals surface area contributed by atoms with Gasteiger partial charge < -0.3 is 4.74 Å². The van der Waals surface area contributed by atoms with Gasteiger partial charge in [0, 0.05) is 16.7 Å². The number of thioether (sulfide) groups is 1. The molecule has 4 unspecified atom stereocenters. The molecular formula is C29H34O3S. The summed E-state index contributed by atoms with van der Waals surface area (Å²) in [6.07, 6.45) is 17.0. The molecule has 1 aromatic rings. The molecule has 0 N–H and O–H groups in total. The summed E-state index contributed by atoms with van der Waals surface area (Å²) in [7, 11) is 0. The molecule has 0 aromatic heterocycles. The van der Waals surface area contributed by atoms with E-state index in [4.69, 9.17) is 11.2 Å². The Bertz CT molecular complexity index is 992. The average molecular weight is 463 g/mol. The summed E-state index contributed by atoms with van der Waals surface area (Å²) in [4.78, 5) is 26.0. The quantitative estimate of drug-likeness (QED) is 0.296. The minimum Gasteiger partial charge on any atom is -0.445 e. The first-order valence-electron chi connectivity index (χ1n) is 12.6. The summed E-state index contributed by atoms with van der Waals surface area (Å²) in [5.74, 6) is 5.80. The summed E-state index contributed by atoms with van der Waals surface area (Å²) in [5.41, 5.74) is 0.494. The Morgan fingerprint density at radius 2 is 1.94 bits per heavy atom. The fourth-order valence-corrected chi connectivity index (χ4v) is 8.69. The van der Waals surface area contributed by atoms with Crippen LogP contribution in [0, 0.1) is 41.4 Å². The summed E-state index contributed by atoms with van der Waals surface area (Å²) >= 11 is 1.51. The zero-order chi connectivity index (χ0) is 23.1. The minimum absolute atomic E-state index is 0.123. The van der Waals surface area contributed by atoms with Crippen molar-refractivity contribution in [3.8, 4) is 12.3 Å². The van der Waals surface area contributed by atoms with Gasteiger partial charge in [-0.2, -0.15) is 0 Å². The molecule has 0 amide bonds. The molecule has 0 radical (unpaired) electrons. The van der Waals surface area contributed by atoms with Crippen molar-refractivity contribution in [2.24, 2.45) is 29.1 Å². The lowest BCUT2D eigenvalue weighted by Crippen LogP contribution is -2.55. The third-order valence-electron chi connectivity index (χ3n) is 9.37. The summed E-state index contributed by atoms with van der Waals surface area (Å²) in [6, 6.07) is 9.97. The van der Waals surface area contributed by atoms with Gasteiger partial charge in [-0.25, -0.2) is 0 Å². The molecule has 4 aliphatic carbocycles. The Hall–Kier alpha value is -1.99. The third-order valence-corrected chi connectivity index (χ3v) is 10.4. The first-order chi connectivity index (χ1) is 16.0. The maximum atomic E-state index is 13.0. The van der Waals surface area contributed by atoms with E-state index in [1.807, 2.05) is 36.4 Å². The molecule has 4 heteroatoms. The van der Waals surface area contributed by atoms with Gasteiger partial charge in [0.1, 0.15) is 0 Å². The monoisotopic (exact) mass is 462 g/mol. The third kappa shape index (κ3) is 3.77. The molecule has 6 atom stereocenters. The van der Waals surface area contributed by atoms with Crippen molar-refractivity contribution in [1.29, 1.82) is 0 Å². The maximum Gasteiger partial charge on any atom is 0.317 e. The van der Waals surface area contributed by atoms with E-state index >= 15 is 0 Å². The van der Waals surface area contributed by atoms with Crippen LogP contribution in [-0.4, -0.2) is 23.1 Å². The van der Waals surface area contributed by atoms with Crippen molar-refractivity contribution in [1.82, 2.24) is 0 Å². The van der Waals surface area contributed by atoms with E-state index in [-0.39, 0.29) is 17.1 Å². The van der Waals surface area contributed by atoms with E-state index in [1.54, 1.807) is 0 Å². The highest BCUT2D eigenvalue weighted by Crippen LogP contribution is 2.67. The smallest absolute Gasteiger partial charge is 0.317 e. The summed E-state index contributed by atoms with van der Waals surface area (Å²) in [5, 5.41) is 0. The van der Waals surface area contributed by atoms with Crippen molar-refractivity contribution < 1.29 is 14.3 Å². The van der Waals surface area contributed by atoms with Crippen molar-refractivity contribution in [3.05, 3.63) is 42.0 Å². The predicted molar refractivity (Wildman–Crippen MR) is 132 cm³/mol. The number of ketones is 1. The number of carbonyl (C=O) groups excluding carboxylic acids is 2. The van der Waals surface area contributed by atoms with E-state index in [0.717, 1.165) is 56.3 Å². The largest absolute Gasteiger partial charge is 0.445 e. The number of benzene rings is 1. The van der Waals surface area contributed by atoms with E-state index < -0.39 is 5.60 Å². The second kappa shape index (κ2) is 8.99. The van der Waals surface area contributed by atoms with Gasteiger partial charge in [0.15, 0.2) is 11.4 Å². The van der Waals surface area contributed by atoms with Crippen LogP contribution in [0.4, 0.5) is 0 Å². The van der Waals surface area contributed by atoms with Crippen LogP contribution in [0.2, 0.25) is 0 Å². The van der Waals surface area contributed by atoms with Crippen molar-refractivity contribution >= 4 is 23.5 Å². The Balaban J connectivity index is 1.35. The Labute approximate surface area is 202 Å². The lowest BCUT2D eigenvalue weighted by molar-refractivity contribution is -0.170. The van der Waals surface area contributed by atoms with E-state index in [0.29, 0.717) is 35.9 Å². The van der Waals surface area contributed by atoms with Gasteiger partial charge in [-0.15, -0.1) is 18.2 Å². The number of rotatable bonds is 5. The fraction of sp³-hybridized carbons (Fsp3) is 0.586. The zero-order valence-corrected chi connectivity index (χ0v) is 20.4. The fourth-order valence-electron chi connectivity index (χ4n) is 8.00. The first-order valence-corrected chi connectivity index (χ1v) is 13.6. The molecule has 1 aromatic carbocycles. The standard InChI is InChI=1S/C29H34O3S/c1-3-28-16-14-24-23-13-11-21(30)18-20(23)10-12-25(24)26(28)15-17-29(28,4-2)32-27(31)19-33-22-8-6-5-7-9-22/h2,5-9,18,23-26H,3,10-17,19H2,1H3/t23?,24?,25?,26?,28-,29-/m0/s1. The second-order valence-corrected chi connectivity index (χ2v) is 11.5. The Morgan fingerprint density at radius 1 is 1.12 bits per heavy atom. The molecule has 0 saturated heterocycles. The van der Waals surface area contributed by atoms with Gasteiger partial charge in [-0.1, -0.05) is 36.6 Å². The Kier molecular flexibility index (Phi) is 6.21. The molecule has 0 spiro atoms. The van der Waals surface area contributed by atoms with Crippen LogP contribution in [-0.2, 0) is 14.3 Å². The number of hydrogen-bond donors (Lipinski definition) is 0. The minimum atomic E-state index is -0.787. The van der Waals surface area contributed by atoms with Crippen LogP contribution in [0.5, 0.6) is 0 Å². The molecule has 5 rings (SSSR count). The topological polar surface area (TPSA) is 43.4 Å².